The molecule has 1 aliphatic rings. The van der Waals surface area contributed by atoms with Gasteiger partial charge >= 0.3 is 5.97 Å². The lowest BCUT2D eigenvalue weighted by molar-refractivity contribution is 0.0601. The van der Waals surface area contributed by atoms with Gasteiger partial charge in [-0.2, -0.15) is 0 Å². The molecule has 2 rings (SSSR count). The van der Waals surface area contributed by atoms with Gasteiger partial charge in [0.15, 0.2) is 11.6 Å². The molecule has 1 N–H and O–H groups in total. The third-order valence-electron chi connectivity index (χ3n) is 2.94. The Hall–Kier alpha value is -1.65. The van der Waals surface area contributed by atoms with Gasteiger partial charge in [-0.3, -0.25) is 0 Å². The molecule has 92 valence electrons. The molecule has 0 saturated carbocycles. The summed E-state index contributed by atoms with van der Waals surface area (Å²) in [5, 5.41) is 3.00. The van der Waals surface area contributed by atoms with E-state index in [0.717, 1.165) is 6.07 Å². The van der Waals surface area contributed by atoms with Crippen LogP contribution in [0.15, 0.2) is 6.07 Å². The Morgan fingerprint density at radius 3 is 2.88 bits per heavy atom. The first-order chi connectivity index (χ1) is 8.04. The Balaban J connectivity index is 2.60. The van der Waals surface area contributed by atoms with Crippen molar-refractivity contribution >= 4 is 11.7 Å². The average Bonchev–Trinajstić information content (AvgIpc) is 2.32. The van der Waals surface area contributed by atoms with Crippen LogP contribution in [0.5, 0.6) is 0 Å². The first-order valence-electron chi connectivity index (χ1n) is 5.40. The zero-order chi connectivity index (χ0) is 12.6. The molecule has 0 bridgehead atoms. The molecule has 0 aromatic heterocycles. The second-order valence-electron chi connectivity index (χ2n) is 4.15. The Morgan fingerprint density at radius 2 is 2.24 bits per heavy atom. The van der Waals surface area contributed by atoms with Crippen LogP contribution in [0.25, 0.3) is 0 Å². The second-order valence-corrected chi connectivity index (χ2v) is 4.15. The van der Waals surface area contributed by atoms with Crippen molar-refractivity contribution in [2.45, 2.75) is 25.8 Å². The van der Waals surface area contributed by atoms with Gasteiger partial charge in [-0.05, 0) is 25.8 Å². The number of hydrogen-bond donors (Lipinski definition) is 1. The zero-order valence-electron chi connectivity index (χ0n) is 9.64. The minimum atomic E-state index is -1.01. The molecule has 0 spiro atoms. The van der Waals surface area contributed by atoms with Crippen LogP contribution >= 0.6 is 0 Å². The molecular weight excluding hydrogens is 228 g/mol. The lowest BCUT2D eigenvalue weighted by Crippen LogP contribution is -2.25. The van der Waals surface area contributed by atoms with Crippen LogP contribution in [0.1, 0.15) is 29.3 Å². The number of benzene rings is 1. The highest BCUT2D eigenvalue weighted by Crippen LogP contribution is 2.32. The number of rotatable bonds is 1. The van der Waals surface area contributed by atoms with E-state index in [1.54, 1.807) is 0 Å². The minimum absolute atomic E-state index is 0.0490. The van der Waals surface area contributed by atoms with Crippen molar-refractivity contribution in [3.05, 3.63) is 28.8 Å². The van der Waals surface area contributed by atoms with Gasteiger partial charge in [0, 0.05) is 11.6 Å². The summed E-state index contributed by atoms with van der Waals surface area (Å²) in [4.78, 5) is 11.5. The van der Waals surface area contributed by atoms with E-state index < -0.39 is 17.6 Å². The smallest absolute Gasteiger partial charge is 0.340 e. The predicted octanol–water partition coefficient (Wildman–Crippen LogP) is 2.50. The van der Waals surface area contributed by atoms with Crippen molar-refractivity contribution in [1.29, 1.82) is 0 Å². The molecule has 0 saturated heterocycles. The number of fused-ring (bicyclic) bond motifs is 1. The molecule has 5 heteroatoms. The number of nitrogens with one attached hydrogen (secondary N) is 1. The van der Waals surface area contributed by atoms with Gasteiger partial charge in [0.05, 0.1) is 18.4 Å². The van der Waals surface area contributed by atoms with E-state index in [4.69, 9.17) is 0 Å². The molecular formula is C12H13F2NO2. The maximum Gasteiger partial charge on any atom is 0.340 e. The van der Waals surface area contributed by atoms with E-state index in [1.165, 1.54) is 7.11 Å². The lowest BCUT2D eigenvalue weighted by atomic mass is 9.95. The van der Waals surface area contributed by atoms with Crippen molar-refractivity contribution in [2.75, 3.05) is 12.4 Å². The Morgan fingerprint density at radius 1 is 1.53 bits per heavy atom. The Kier molecular flexibility index (Phi) is 3.00. The topological polar surface area (TPSA) is 38.3 Å². The highest BCUT2D eigenvalue weighted by Gasteiger charge is 2.26. The van der Waals surface area contributed by atoms with Gasteiger partial charge in [-0.25, -0.2) is 13.6 Å². The Labute approximate surface area is 97.8 Å². The van der Waals surface area contributed by atoms with Crippen molar-refractivity contribution in [2.24, 2.45) is 0 Å². The standard InChI is InChI=1S/C12H13F2NO2/c1-6-3-4-7-10(14)9(13)5-8(11(7)15-6)12(16)17-2/h5-6,15H,3-4H2,1-2H3. The third kappa shape index (κ3) is 1.97. The summed E-state index contributed by atoms with van der Waals surface area (Å²) in [5.74, 6) is -2.56. The molecule has 1 aromatic carbocycles. The van der Waals surface area contributed by atoms with Crippen LogP contribution in [0.4, 0.5) is 14.5 Å². The van der Waals surface area contributed by atoms with Gasteiger partial charge in [-0.15, -0.1) is 0 Å². The van der Waals surface area contributed by atoms with Crippen LogP contribution in [0.3, 0.4) is 0 Å². The monoisotopic (exact) mass is 241 g/mol. The van der Waals surface area contributed by atoms with E-state index in [0.29, 0.717) is 18.5 Å². The predicted molar refractivity (Wildman–Crippen MR) is 59.1 cm³/mol. The molecule has 0 fully saturated rings. The van der Waals surface area contributed by atoms with E-state index in [-0.39, 0.29) is 17.2 Å². The average molecular weight is 241 g/mol. The van der Waals surface area contributed by atoms with Gasteiger partial charge in [0.1, 0.15) is 0 Å². The SMILES string of the molecule is COC(=O)c1cc(F)c(F)c2c1NC(C)CC2. The quantitative estimate of drug-likeness (QED) is 0.768. The summed E-state index contributed by atoms with van der Waals surface area (Å²) in [6, 6.07) is 1.00. The summed E-state index contributed by atoms with van der Waals surface area (Å²) < 4.78 is 31.5. The fraction of sp³-hybridized carbons (Fsp3) is 0.417. The van der Waals surface area contributed by atoms with Crippen LogP contribution in [0, 0.1) is 11.6 Å². The first-order valence-corrected chi connectivity index (χ1v) is 5.40. The summed E-state index contributed by atoms with van der Waals surface area (Å²) in [6.45, 7) is 1.92. The van der Waals surface area contributed by atoms with Gasteiger partial charge < -0.3 is 10.1 Å². The van der Waals surface area contributed by atoms with Crippen molar-refractivity contribution in [3.8, 4) is 0 Å². The van der Waals surface area contributed by atoms with Crippen LogP contribution < -0.4 is 5.32 Å². The lowest BCUT2D eigenvalue weighted by Gasteiger charge is -2.26. The molecule has 1 aliphatic heterocycles. The molecule has 1 aromatic rings. The number of carbonyl (C=O) groups is 1. The van der Waals surface area contributed by atoms with E-state index in [1.807, 2.05) is 6.92 Å². The van der Waals surface area contributed by atoms with Crippen LogP contribution in [-0.4, -0.2) is 19.1 Å². The van der Waals surface area contributed by atoms with Crippen molar-refractivity contribution < 1.29 is 18.3 Å². The number of anilines is 1. The molecule has 3 nitrogen and oxygen atoms in total. The van der Waals surface area contributed by atoms with E-state index >= 15 is 0 Å². The Bertz CT molecular complexity index is 474. The summed E-state index contributed by atoms with van der Waals surface area (Å²) in [5.41, 5.74) is 0.631. The molecule has 17 heavy (non-hydrogen) atoms. The largest absolute Gasteiger partial charge is 0.465 e. The highest BCUT2D eigenvalue weighted by molar-refractivity contribution is 5.96. The van der Waals surface area contributed by atoms with Crippen LogP contribution in [0.2, 0.25) is 0 Å². The van der Waals surface area contributed by atoms with Crippen molar-refractivity contribution in [3.63, 3.8) is 0 Å². The molecule has 0 radical (unpaired) electrons. The number of halogens is 2. The fourth-order valence-corrected chi connectivity index (χ4v) is 2.03. The van der Waals surface area contributed by atoms with Gasteiger partial charge in [-0.1, -0.05) is 0 Å². The third-order valence-corrected chi connectivity index (χ3v) is 2.94. The number of methoxy groups -OCH3 is 1. The number of ether oxygens (including phenoxy) is 1. The zero-order valence-corrected chi connectivity index (χ0v) is 9.64. The van der Waals surface area contributed by atoms with E-state index in [2.05, 4.69) is 10.1 Å². The van der Waals surface area contributed by atoms with Gasteiger partial charge in [0.25, 0.3) is 0 Å². The van der Waals surface area contributed by atoms with Crippen LogP contribution in [-0.2, 0) is 11.2 Å². The molecule has 0 aliphatic carbocycles. The molecule has 0 amide bonds. The fourth-order valence-electron chi connectivity index (χ4n) is 2.03. The summed E-state index contributed by atoms with van der Waals surface area (Å²) in [7, 11) is 1.21. The maximum absolute atomic E-state index is 13.6. The number of carbonyl (C=O) groups excluding carboxylic acids is 1. The maximum atomic E-state index is 13.6. The molecule has 1 atom stereocenters. The van der Waals surface area contributed by atoms with Crippen molar-refractivity contribution in [1.82, 2.24) is 0 Å². The second kappa shape index (κ2) is 4.31. The normalized spacial score (nSPS) is 18.2. The van der Waals surface area contributed by atoms with Gasteiger partial charge in [0.2, 0.25) is 0 Å². The van der Waals surface area contributed by atoms with E-state index in [9.17, 15) is 13.6 Å². The first kappa shape index (κ1) is 11.8. The number of esters is 1. The minimum Gasteiger partial charge on any atom is -0.465 e. The number of hydrogen-bond acceptors (Lipinski definition) is 3. The summed E-state index contributed by atoms with van der Waals surface area (Å²) in [6.07, 6.45) is 1.12. The molecule has 1 heterocycles. The highest BCUT2D eigenvalue weighted by atomic mass is 19.2. The molecule has 1 unspecified atom stereocenters. The summed E-state index contributed by atoms with van der Waals surface area (Å²) >= 11 is 0.